The highest BCUT2D eigenvalue weighted by Gasteiger charge is 2.05. The molecule has 0 N–H and O–H groups in total. The van der Waals surface area contributed by atoms with Gasteiger partial charge >= 0.3 is 0 Å². The van der Waals surface area contributed by atoms with E-state index in [0.717, 1.165) is 11.5 Å². The van der Waals surface area contributed by atoms with E-state index < -0.39 is 0 Å². The van der Waals surface area contributed by atoms with Crippen LogP contribution in [0.25, 0.3) is 0 Å². The zero-order valence-corrected chi connectivity index (χ0v) is 6.15. The van der Waals surface area contributed by atoms with Gasteiger partial charge in [0.2, 0.25) is 0 Å². The van der Waals surface area contributed by atoms with Crippen molar-refractivity contribution in [1.29, 1.82) is 0 Å². The van der Waals surface area contributed by atoms with Crippen LogP contribution in [0.3, 0.4) is 0 Å². The maximum absolute atomic E-state index is 5.71. The van der Waals surface area contributed by atoms with Crippen molar-refractivity contribution in [1.82, 2.24) is 0 Å². The number of allylic oxidation sites excluding steroid dienone is 4. The summed E-state index contributed by atoms with van der Waals surface area (Å²) < 4.78 is 0. The molecule has 0 aromatic carbocycles. The van der Waals surface area contributed by atoms with Gasteiger partial charge in [0.05, 0.1) is 7.85 Å². The minimum Gasteiger partial charge on any atom is -0.0847 e. The van der Waals surface area contributed by atoms with Crippen molar-refractivity contribution in [3.05, 3.63) is 22.8 Å². The van der Waals surface area contributed by atoms with Gasteiger partial charge in [-0.05, 0) is 19.4 Å². The number of rotatable bonds is 0. The Morgan fingerprint density at radius 2 is 2.44 bits per heavy atom. The Labute approximate surface area is 62.0 Å². The largest absolute Gasteiger partial charge is 0.0847 e. The molecule has 0 heterocycles. The molecule has 0 saturated carbocycles. The number of hydrogen-bond donors (Lipinski definition) is 0. The van der Waals surface area contributed by atoms with Crippen LogP contribution in [0.4, 0.5) is 0 Å². The molecular weight excluding hydrogens is 130 g/mol. The third-order valence-corrected chi connectivity index (χ3v) is 1.55. The molecule has 0 aliphatic heterocycles. The van der Waals surface area contributed by atoms with E-state index in [1.165, 1.54) is 5.57 Å². The molecule has 1 rings (SSSR count). The summed E-state index contributed by atoms with van der Waals surface area (Å²) in [6.07, 6.45) is 4.76. The molecule has 46 valence electrons. The van der Waals surface area contributed by atoms with Crippen LogP contribution in [-0.2, 0) is 0 Å². The maximum Gasteiger partial charge on any atom is 0.0760 e. The Kier molecular flexibility index (Phi) is 2.02. The van der Waals surface area contributed by atoms with Crippen LogP contribution >= 0.6 is 11.6 Å². The summed E-state index contributed by atoms with van der Waals surface area (Å²) in [6, 6.07) is 0. The Hall–Kier alpha value is -0.165. The highest BCUT2D eigenvalue weighted by Crippen LogP contribution is 2.25. The predicted octanol–water partition coefficient (Wildman–Crippen LogP) is 2.42. The molecule has 9 heavy (non-hydrogen) atoms. The Balaban J connectivity index is 2.74. The van der Waals surface area contributed by atoms with Gasteiger partial charge in [-0.3, -0.25) is 0 Å². The second-order valence-electron chi connectivity index (χ2n) is 2.41. The van der Waals surface area contributed by atoms with Gasteiger partial charge in [0.1, 0.15) is 0 Å². The second-order valence-corrected chi connectivity index (χ2v) is 2.85. The first-order valence-corrected chi connectivity index (χ1v) is 3.36. The van der Waals surface area contributed by atoms with Gasteiger partial charge < -0.3 is 0 Å². The molecule has 1 aliphatic rings. The van der Waals surface area contributed by atoms with Crippen molar-refractivity contribution >= 4 is 19.4 Å². The van der Waals surface area contributed by atoms with Crippen molar-refractivity contribution in [2.24, 2.45) is 0 Å². The van der Waals surface area contributed by atoms with Crippen molar-refractivity contribution in [2.45, 2.75) is 19.2 Å². The minimum atomic E-state index is 0.127. The average Bonchev–Trinajstić information content (AvgIpc) is 1.59. The Morgan fingerprint density at radius 3 is 2.89 bits per heavy atom. The molecule has 0 bridgehead atoms. The lowest BCUT2D eigenvalue weighted by molar-refractivity contribution is 0.952. The quantitative estimate of drug-likeness (QED) is 0.451. The van der Waals surface area contributed by atoms with Gasteiger partial charge in [0.25, 0.3) is 0 Å². The van der Waals surface area contributed by atoms with Crippen LogP contribution in [0.5, 0.6) is 0 Å². The Bertz CT molecular complexity index is 170. The lowest BCUT2D eigenvalue weighted by Gasteiger charge is -2.12. The third kappa shape index (κ3) is 1.90. The summed E-state index contributed by atoms with van der Waals surface area (Å²) in [5, 5.41) is 0.770. The first-order valence-electron chi connectivity index (χ1n) is 2.98. The van der Waals surface area contributed by atoms with Crippen LogP contribution in [0.2, 0.25) is 5.82 Å². The molecule has 1 atom stereocenters. The molecule has 0 spiro atoms. The van der Waals surface area contributed by atoms with Crippen LogP contribution in [-0.4, -0.2) is 7.85 Å². The molecule has 0 aromatic heterocycles. The minimum absolute atomic E-state index is 0.127. The fourth-order valence-corrected chi connectivity index (χ4v) is 1.33. The van der Waals surface area contributed by atoms with E-state index in [-0.39, 0.29) is 5.82 Å². The standard InChI is InChI=1S/C7H8BCl/c1-5-2-6(8)4-7(9)3-5/h3-4,6H,2H2,1H3. The lowest BCUT2D eigenvalue weighted by Crippen LogP contribution is -1.94. The lowest BCUT2D eigenvalue weighted by atomic mass is 9.80. The molecule has 0 aromatic rings. The van der Waals surface area contributed by atoms with Crippen molar-refractivity contribution < 1.29 is 0 Å². The highest BCUT2D eigenvalue weighted by atomic mass is 35.5. The van der Waals surface area contributed by atoms with Crippen LogP contribution in [0, 0.1) is 0 Å². The number of halogens is 1. The fraction of sp³-hybridized carbons (Fsp3) is 0.429. The zero-order valence-electron chi connectivity index (χ0n) is 5.39. The van der Waals surface area contributed by atoms with E-state index in [1.54, 1.807) is 0 Å². The monoisotopic (exact) mass is 138 g/mol. The molecular formula is C7H8BCl. The molecule has 0 nitrogen and oxygen atoms in total. The molecule has 1 unspecified atom stereocenters. The molecule has 2 heteroatoms. The van der Waals surface area contributed by atoms with Gasteiger partial charge in [-0.1, -0.05) is 29.1 Å². The topological polar surface area (TPSA) is 0 Å². The van der Waals surface area contributed by atoms with Crippen LogP contribution in [0.15, 0.2) is 22.8 Å². The SMILES string of the molecule is [B]C1C=C(Cl)C=C(C)C1. The summed E-state index contributed by atoms with van der Waals surface area (Å²) in [5.74, 6) is 0.127. The average molecular weight is 138 g/mol. The first kappa shape index (κ1) is 6.95. The van der Waals surface area contributed by atoms with Gasteiger partial charge in [0.15, 0.2) is 0 Å². The molecule has 0 amide bonds. The van der Waals surface area contributed by atoms with Gasteiger partial charge in [-0.25, -0.2) is 0 Å². The van der Waals surface area contributed by atoms with Gasteiger partial charge in [0, 0.05) is 5.03 Å². The maximum atomic E-state index is 5.71. The zero-order chi connectivity index (χ0) is 6.85. The molecule has 1 aliphatic carbocycles. The molecule has 2 radical (unpaired) electrons. The summed E-state index contributed by atoms with van der Waals surface area (Å²) in [7, 11) is 5.61. The van der Waals surface area contributed by atoms with Crippen molar-refractivity contribution in [3.63, 3.8) is 0 Å². The van der Waals surface area contributed by atoms with E-state index in [9.17, 15) is 0 Å². The summed E-state index contributed by atoms with van der Waals surface area (Å²) in [6.45, 7) is 2.04. The predicted molar refractivity (Wildman–Crippen MR) is 41.8 cm³/mol. The van der Waals surface area contributed by atoms with Crippen molar-refractivity contribution in [2.75, 3.05) is 0 Å². The molecule has 0 fully saturated rings. The third-order valence-electron chi connectivity index (χ3n) is 1.32. The normalized spacial score (nSPS) is 27.1. The van der Waals surface area contributed by atoms with E-state index in [0.29, 0.717) is 0 Å². The summed E-state index contributed by atoms with van der Waals surface area (Å²) in [5.41, 5.74) is 1.26. The first-order chi connectivity index (χ1) is 4.18. The smallest absolute Gasteiger partial charge is 0.0760 e. The van der Waals surface area contributed by atoms with Crippen LogP contribution < -0.4 is 0 Å². The van der Waals surface area contributed by atoms with Gasteiger partial charge in [-0.15, -0.1) is 0 Å². The van der Waals surface area contributed by atoms with Crippen LogP contribution in [0.1, 0.15) is 13.3 Å². The van der Waals surface area contributed by atoms with E-state index in [2.05, 4.69) is 0 Å². The van der Waals surface area contributed by atoms with Gasteiger partial charge in [-0.2, -0.15) is 0 Å². The Morgan fingerprint density at radius 1 is 1.78 bits per heavy atom. The van der Waals surface area contributed by atoms with E-state index >= 15 is 0 Å². The number of hydrogen-bond acceptors (Lipinski definition) is 0. The fourth-order valence-electron chi connectivity index (χ4n) is 0.978. The summed E-state index contributed by atoms with van der Waals surface area (Å²) >= 11 is 5.71. The summed E-state index contributed by atoms with van der Waals surface area (Å²) in [4.78, 5) is 0. The second kappa shape index (κ2) is 2.61. The van der Waals surface area contributed by atoms with E-state index in [1.807, 2.05) is 19.1 Å². The molecule has 0 saturated heterocycles. The highest BCUT2D eigenvalue weighted by molar-refractivity contribution is 6.32. The van der Waals surface area contributed by atoms with E-state index in [4.69, 9.17) is 19.4 Å². The van der Waals surface area contributed by atoms with Crippen molar-refractivity contribution in [3.8, 4) is 0 Å².